The molecule has 16 heavy (non-hydrogen) atoms. The summed E-state index contributed by atoms with van der Waals surface area (Å²) in [4.78, 5) is 0. The Hall–Kier alpha value is 0.00688. The first kappa shape index (κ1) is 14.1. The van der Waals surface area contributed by atoms with Crippen molar-refractivity contribution < 1.29 is 4.74 Å². The van der Waals surface area contributed by atoms with Crippen molar-refractivity contribution in [3.05, 3.63) is 27.7 Å². The molecule has 0 atom stereocenters. The largest absolute Gasteiger partial charge is 0.493 e. The van der Waals surface area contributed by atoms with Gasteiger partial charge in [0.2, 0.25) is 0 Å². The van der Waals surface area contributed by atoms with Crippen LogP contribution in [0.15, 0.2) is 22.7 Å². The van der Waals surface area contributed by atoms with E-state index in [2.05, 4.69) is 42.9 Å². The highest BCUT2D eigenvalue weighted by Crippen LogP contribution is 2.31. The minimum absolute atomic E-state index is 0.300. The standard InChI is InChI=1S/C12H18BrClOSi/c1-12(2,16(3)4)8-15-11-6-9(13)5-10(14)7-11/h5-7,16H,8H2,1-4H3. The van der Waals surface area contributed by atoms with Crippen LogP contribution in [-0.2, 0) is 0 Å². The Morgan fingerprint density at radius 2 is 1.94 bits per heavy atom. The zero-order valence-electron chi connectivity index (χ0n) is 10.2. The van der Waals surface area contributed by atoms with Gasteiger partial charge in [-0.2, -0.15) is 0 Å². The van der Waals surface area contributed by atoms with Gasteiger partial charge in [0.05, 0.1) is 6.61 Å². The molecule has 0 aliphatic carbocycles. The lowest BCUT2D eigenvalue weighted by molar-refractivity contribution is 0.276. The fraction of sp³-hybridized carbons (Fsp3) is 0.500. The van der Waals surface area contributed by atoms with Crippen LogP contribution < -0.4 is 4.74 Å². The Morgan fingerprint density at radius 3 is 2.44 bits per heavy atom. The Bertz CT molecular complexity index is 346. The van der Waals surface area contributed by atoms with E-state index in [1.165, 1.54) is 0 Å². The Morgan fingerprint density at radius 1 is 1.31 bits per heavy atom. The van der Waals surface area contributed by atoms with Crippen molar-refractivity contribution in [1.82, 2.24) is 0 Å². The van der Waals surface area contributed by atoms with Crippen LogP contribution >= 0.6 is 27.5 Å². The van der Waals surface area contributed by atoms with Gasteiger partial charge in [-0.1, -0.05) is 54.5 Å². The molecule has 0 spiro atoms. The fourth-order valence-corrected chi connectivity index (χ4v) is 2.29. The zero-order valence-corrected chi connectivity index (χ0v) is 13.7. The van der Waals surface area contributed by atoms with Crippen molar-refractivity contribution in [2.75, 3.05) is 6.61 Å². The molecule has 1 rings (SSSR count). The van der Waals surface area contributed by atoms with Gasteiger partial charge in [0, 0.05) is 18.3 Å². The molecule has 0 aliphatic rings. The summed E-state index contributed by atoms with van der Waals surface area (Å²) in [5, 5.41) is 0.999. The maximum Gasteiger partial charge on any atom is 0.121 e. The van der Waals surface area contributed by atoms with Gasteiger partial charge in [0.25, 0.3) is 0 Å². The fourth-order valence-electron chi connectivity index (χ4n) is 1.05. The van der Waals surface area contributed by atoms with E-state index in [-0.39, 0.29) is 0 Å². The van der Waals surface area contributed by atoms with Crippen molar-refractivity contribution in [3.8, 4) is 5.75 Å². The molecular weight excluding hydrogens is 304 g/mol. The van der Waals surface area contributed by atoms with Gasteiger partial charge in [-0.05, 0) is 23.2 Å². The van der Waals surface area contributed by atoms with Crippen molar-refractivity contribution in [1.29, 1.82) is 0 Å². The number of halogens is 2. The molecule has 0 radical (unpaired) electrons. The molecule has 0 fully saturated rings. The molecule has 0 saturated heterocycles. The van der Waals surface area contributed by atoms with Crippen molar-refractivity contribution >= 4 is 36.3 Å². The van der Waals surface area contributed by atoms with Crippen LogP contribution in [0.5, 0.6) is 5.75 Å². The van der Waals surface area contributed by atoms with E-state index in [1.807, 2.05) is 18.2 Å². The van der Waals surface area contributed by atoms with E-state index in [0.29, 0.717) is 10.1 Å². The molecule has 4 heteroatoms. The molecule has 0 aliphatic heterocycles. The molecule has 0 heterocycles. The molecule has 0 aromatic heterocycles. The second-order valence-electron chi connectivity index (χ2n) is 5.04. The topological polar surface area (TPSA) is 9.23 Å². The maximum atomic E-state index is 5.96. The summed E-state index contributed by atoms with van der Waals surface area (Å²) in [6.07, 6.45) is 0. The van der Waals surface area contributed by atoms with E-state index >= 15 is 0 Å². The summed E-state index contributed by atoms with van der Waals surface area (Å²) >= 11 is 9.37. The summed E-state index contributed by atoms with van der Waals surface area (Å²) in [6.45, 7) is 9.98. The first-order valence-electron chi connectivity index (χ1n) is 5.40. The highest BCUT2D eigenvalue weighted by atomic mass is 79.9. The van der Waals surface area contributed by atoms with Crippen LogP contribution in [0.2, 0.25) is 23.2 Å². The monoisotopic (exact) mass is 320 g/mol. The van der Waals surface area contributed by atoms with Gasteiger partial charge in [0.15, 0.2) is 0 Å². The maximum absolute atomic E-state index is 5.96. The number of ether oxygens (including phenoxy) is 1. The smallest absolute Gasteiger partial charge is 0.121 e. The SMILES string of the molecule is C[SiH](C)C(C)(C)COc1cc(Cl)cc(Br)c1. The quantitative estimate of drug-likeness (QED) is 0.727. The van der Waals surface area contributed by atoms with E-state index in [4.69, 9.17) is 16.3 Å². The van der Waals surface area contributed by atoms with E-state index in [9.17, 15) is 0 Å². The normalized spacial score (nSPS) is 11.9. The van der Waals surface area contributed by atoms with Crippen molar-refractivity contribution in [3.63, 3.8) is 0 Å². The number of hydrogen-bond donors (Lipinski definition) is 0. The number of hydrogen-bond acceptors (Lipinski definition) is 1. The number of rotatable bonds is 4. The molecule has 1 nitrogen and oxygen atoms in total. The average molecular weight is 322 g/mol. The Labute approximate surface area is 113 Å². The van der Waals surface area contributed by atoms with Crippen LogP contribution in [-0.4, -0.2) is 15.4 Å². The third kappa shape index (κ3) is 4.11. The lowest BCUT2D eigenvalue weighted by Crippen LogP contribution is -2.27. The lowest BCUT2D eigenvalue weighted by atomic mass is 10.2. The van der Waals surface area contributed by atoms with Crippen LogP contribution in [0.4, 0.5) is 0 Å². The summed E-state index contributed by atoms with van der Waals surface area (Å²) < 4.78 is 6.77. The molecule has 0 N–H and O–H groups in total. The Balaban J connectivity index is 2.68. The molecule has 1 aromatic rings. The first-order chi connectivity index (χ1) is 7.31. The molecule has 0 saturated carbocycles. The highest BCUT2D eigenvalue weighted by Gasteiger charge is 2.24. The third-order valence-electron chi connectivity index (χ3n) is 3.01. The zero-order chi connectivity index (χ0) is 12.3. The molecule has 1 aromatic carbocycles. The van der Waals surface area contributed by atoms with Gasteiger partial charge in [0.1, 0.15) is 5.75 Å². The molecule has 0 bridgehead atoms. The second kappa shape index (κ2) is 5.56. The second-order valence-corrected chi connectivity index (χ2v) is 10.3. The molecular formula is C12H18BrClOSi. The van der Waals surface area contributed by atoms with Gasteiger partial charge in [-0.3, -0.25) is 0 Å². The van der Waals surface area contributed by atoms with Crippen molar-refractivity contribution in [2.45, 2.75) is 32.0 Å². The summed E-state index contributed by atoms with van der Waals surface area (Å²) in [6, 6.07) is 5.66. The predicted molar refractivity (Wildman–Crippen MR) is 77.6 cm³/mol. The van der Waals surface area contributed by atoms with E-state index in [0.717, 1.165) is 16.8 Å². The average Bonchev–Trinajstić information content (AvgIpc) is 2.13. The van der Waals surface area contributed by atoms with Gasteiger partial charge < -0.3 is 4.74 Å². The highest BCUT2D eigenvalue weighted by molar-refractivity contribution is 9.10. The Kier molecular flexibility index (Phi) is 4.89. The van der Waals surface area contributed by atoms with Gasteiger partial charge >= 0.3 is 0 Å². The predicted octanol–water partition coefficient (Wildman–Crippen LogP) is 4.75. The van der Waals surface area contributed by atoms with Crippen LogP contribution in [0, 0.1) is 0 Å². The van der Waals surface area contributed by atoms with Gasteiger partial charge in [-0.15, -0.1) is 0 Å². The van der Waals surface area contributed by atoms with E-state index < -0.39 is 8.80 Å². The van der Waals surface area contributed by atoms with E-state index in [1.54, 1.807) is 0 Å². The lowest BCUT2D eigenvalue weighted by Gasteiger charge is -2.28. The van der Waals surface area contributed by atoms with Crippen LogP contribution in [0.3, 0.4) is 0 Å². The van der Waals surface area contributed by atoms with Crippen LogP contribution in [0.25, 0.3) is 0 Å². The number of benzene rings is 1. The third-order valence-corrected chi connectivity index (χ3v) is 6.98. The molecule has 0 amide bonds. The minimum Gasteiger partial charge on any atom is -0.493 e. The first-order valence-corrected chi connectivity index (χ1v) is 9.46. The summed E-state index contributed by atoms with van der Waals surface area (Å²) in [5.74, 6) is 0.835. The molecule has 0 unspecified atom stereocenters. The summed E-state index contributed by atoms with van der Waals surface area (Å²) in [7, 11) is -0.715. The van der Waals surface area contributed by atoms with Crippen molar-refractivity contribution in [2.24, 2.45) is 0 Å². The van der Waals surface area contributed by atoms with Crippen LogP contribution in [0.1, 0.15) is 13.8 Å². The summed E-state index contributed by atoms with van der Waals surface area (Å²) in [5.41, 5.74) is 0. The molecule has 90 valence electrons. The minimum atomic E-state index is -0.715. The van der Waals surface area contributed by atoms with Gasteiger partial charge in [-0.25, -0.2) is 0 Å².